The van der Waals surface area contributed by atoms with Crippen LogP contribution in [-0.4, -0.2) is 61.6 Å². The Labute approximate surface area is 219 Å². The first-order chi connectivity index (χ1) is 18.4. The zero-order valence-electron chi connectivity index (χ0n) is 21.2. The summed E-state index contributed by atoms with van der Waals surface area (Å²) in [4.78, 5) is 47.7. The molecule has 0 aliphatic carbocycles. The average molecular weight is 515 g/mol. The molecule has 1 aliphatic heterocycles. The van der Waals surface area contributed by atoms with Crippen molar-refractivity contribution in [3.63, 3.8) is 0 Å². The maximum atomic E-state index is 13.8. The topological polar surface area (TPSA) is 105 Å². The lowest BCUT2D eigenvalue weighted by Gasteiger charge is -2.37. The number of para-hydroxylation sites is 2. The number of aromatic nitrogens is 1. The molecule has 0 unspecified atom stereocenters. The van der Waals surface area contributed by atoms with Gasteiger partial charge in [0.15, 0.2) is 0 Å². The number of benzene rings is 2. The van der Waals surface area contributed by atoms with E-state index >= 15 is 0 Å². The summed E-state index contributed by atoms with van der Waals surface area (Å²) >= 11 is 0. The maximum absolute atomic E-state index is 13.8. The van der Waals surface area contributed by atoms with Crippen molar-refractivity contribution in [2.24, 2.45) is 0 Å². The van der Waals surface area contributed by atoms with Crippen LogP contribution in [0.4, 0.5) is 16.2 Å². The number of ether oxygens (including phenoxy) is 2. The van der Waals surface area contributed by atoms with Crippen molar-refractivity contribution in [2.45, 2.75) is 6.92 Å². The molecule has 1 aliphatic rings. The molecule has 194 valence electrons. The first kappa shape index (κ1) is 24.8. The standard InChI is InChI=1S/C28H26N4O6/c1-4-36-27(34)21-17-37-24-10-9-18(15-19(21)24)38-25-11-12-29-16-20(25)26(33)31-13-14-32(28(35)30(2)3)23-8-6-5-7-22(23)31/h5-12,15-17H,4,13-14H2,1-3H3. The lowest BCUT2D eigenvalue weighted by molar-refractivity contribution is 0.0527. The quantitative estimate of drug-likeness (QED) is 0.347. The van der Waals surface area contributed by atoms with Crippen molar-refractivity contribution in [1.29, 1.82) is 0 Å². The third kappa shape index (κ3) is 4.52. The molecular formula is C28H26N4O6. The largest absolute Gasteiger partial charge is 0.463 e. The second-order valence-corrected chi connectivity index (χ2v) is 8.78. The fourth-order valence-corrected chi connectivity index (χ4v) is 4.35. The third-order valence-electron chi connectivity index (χ3n) is 6.15. The van der Waals surface area contributed by atoms with Gasteiger partial charge in [0.25, 0.3) is 5.91 Å². The molecule has 0 atom stereocenters. The van der Waals surface area contributed by atoms with Crippen molar-refractivity contribution in [3.05, 3.63) is 78.3 Å². The van der Waals surface area contributed by atoms with Crippen LogP contribution in [0.3, 0.4) is 0 Å². The Balaban J connectivity index is 1.46. The van der Waals surface area contributed by atoms with Crippen molar-refractivity contribution < 1.29 is 28.3 Å². The second kappa shape index (κ2) is 10.3. The van der Waals surface area contributed by atoms with Crippen LogP contribution < -0.4 is 14.5 Å². The molecule has 0 fully saturated rings. The molecule has 2 aromatic heterocycles. The van der Waals surface area contributed by atoms with Crippen LogP contribution in [0.2, 0.25) is 0 Å². The van der Waals surface area contributed by atoms with Gasteiger partial charge in [-0.05, 0) is 43.3 Å². The Hall–Kier alpha value is -4.86. The normalized spacial score (nSPS) is 12.7. The molecule has 3 heterocycles. The van der Waals surface area contributed by atoms with Crippen molar-refractivity contribution in [2.75, 3.05) is 43.6 Å². The van der Waals surface area contributed by atoms with Gasteiger partial charge in [0, 0.05) is 45.0 Å². The summed E-state index contributed by atoms with van der Waals surface area (Å²) in [6.45, 7) is 2.61. The monoisotopic (exact) mass is 514 g/mol. The van der Waals surface area contributed by atoms with E-state index in [2.05, 4.69) is 4.98 Å². The second-order valence-electron chi connectivity index (χ2n) is 8.78. The molecule has 5 rings (SSSR count). The molecule has 0 spiro atoms. The molecular weight excluding hydrogens is 488 g/mol. The van der Waals surface area contributed by atoms with Crippen LogP contribution >= 0.6 is 0 Å². The van der Waals surface area contributed by atoms with E-state index in [9.17, 15) is 14.4 Å². The van der Waals surface area contributed by atoms with Gasteiger partial charge in [-0.15, -0.1) is 0 Å². The molecule has 0 saturated carbocycles. The van der Waals surface area contributed by atoms with Crippen molar-refractivity contribution >= 4 is 40.3 Å². The van der Waals surface area contributed by atoms with Crippen LogP contribution in [-0.2, 0) is 4.74 Å². The number of hydrogen-bond donors (Lipinski definition) is 0. The van der Waals surface area contributed by atoms with Crippen LogP contribution in [0.25, 0.3) is 11.0 Å². The summed E-state index contributed by atoms with van der Waals surface area (Å²) in [6, 6.07) is 13.8. The molecule has 0 radical (unpaired) electrons. The van der Waals surface area contributed by atoms with Gasteiger partial charge in [-0.3, -0.25) is 14.7 Å². The lowest BCUT2D eigenvalue weighted by atomic mass is 10.1. The smallest absolute Gasteiger partial charge is 0.342 e. The van der Waals surface area contributed by atoms with Crippen LogP contribution in [0.1, 0.15) is 27.6 Å². The number of carbonyl (C=O) groups excluding carboxylic acids is 3. The van der Waals surface area contributed by atoms with Gasteiger partial charge in [0.2, 0.25) is 0 Å². The average Bonchev–Trinajstić information content (AvgIpc) is 3.35. The van der Waals surface area contributed by atoms with E-state index < -0.39 is 5.97 Å². The molecule has 10 nitrogen and oxygen atoms in total. The molecule has 2 aromatic carbocycles. The van der Waals surface area contributed by atoms with E-state index in [-0.39, 0.29) is 24.1 Å². The van der Waals surface area contributed by atoms with Gasteiger partial charge < -0.3 is 23.7 Å². The number of esters is 1. The van der Waals surface area contributed by atoms with Crippen molar-refractivity contribution in [1.82, 2.24) is 9.88 Å². The zero-order chi connectivity index (χ0) is 26.8. The van der Waals surface area contributed by atoms with Gasteiger partial charge in [0.1, 0.15) is 34.5 Å². The zero-order valence-corrected chi connectivity index (χ0v) is 21.2. The van der Waals surface area contributed by atoms with Gasteiger partial charge in [0.05, 0.1) is 18.0 Å². The predicted octanol–water partition coefficient (Wildman–Crippen LogP) is 4.95. The number of rotatable bonds is 5. The number of anilines is 2. The number of hydrogen-bond acceptors (Lipinski definition) is 7. The summed E-state index contributed by atoms with van der Waals surface area (Å²) in [5.41, 5.74) is 2.32. The summed E-state index contributed by atoms with van der Waals surface area (Å²) in [5, 5.41) is 0.540. The number of fused-ring (bicyclic) bond motifs is 2. The summed E-state index contributed by atoms with van der Waals surface area (Å²) < 4.78 is 16.7. The SMILES string of the molecule is CCOC(=O)c1coc2ccc(Oc3ccncc3C(=O)N3CCN(C(=O)N(C)C)c4ccccc43)cc12. The van der Waals surface area contributed by atoms with Crippen LogP contribution in [0, 0.1) is 0 Å². The van der Waals surface area contributed by atoms with Gasteiger partial charge in [-0.25, -0.2) is 9.59 Å². The van der Waals surface area contributed by atoms with E-state index in [1.165, 1.54) is 23.6 Å². The Kier molecular flexibility index (Phi) is 6.69. The van der Waals surface area contributed by atoms with E-state index in [0.29, 0.717) is 52.5 Å². The molecule has 0 N–H and O–H groups in total. The van der Waals surface area contributed by atoms with Gasteiger partial charge in [-0.2, -0.15) is 0 Å². The Morgan fingerprint density at radius 2 is 1.74 bits per heavy atom. The highest BCUT2D eigenvalue weighted by Crippen LogP contribution is 2.36. The first-order valence-electron chi connectivity index (χ1n) is 12.1. The number of pyridine rings is 1. The number of carbonyl (C=O) groups is 3. The van der Waals surface area contributed by atoms with E-state index in [1.807, 2.05) is 24.3 Å². The Bertz CT molecular complexity index is 1530. The Morgan fingerprint density at radius 1 is 1.00 bits per heavy atom. The fourth-order valence-electron chi connectivity index (χ4n) is 4.35. The summed E-state index contributed by atoms with van der Waals surface area (Å²) in [7, 11) is 3.39. The molecule has 38 heavy (non-hydrogen) atoms. The minimum absolute atomic E-state index is 0.160. The van der Waals surface area contributed by atoms with Crippen LogP contribution in [0.5, 0.6) is 11.5 Å². The number of furan rings is 1. The first-order valence-corrected chi connectivity index (χ1v) is 12.1. The highest BCUT2D eigenvalue weighted by atomic mass is 16.5. The minimum atomic E-state index is -0.492. The highest BCUT2D eigenvalue weighted by Gasteiger charge is 2.32. The number of nitrogens with zero attached hydrogens (tertiary/aromatic N) is 4. The third-order valence-corrected chi connectivity index (χ3v) is 6.15. The van der Waals surface area contributed by atoms with Gasteiger partial charge >= 0.3 is 12.0 Å². The molecule has 4 aromatic rings. The van der Waals surface area contributed by atoms with E-state index in [4.69, 9.17) is 13.9 Å². The van der Waals surface area contributed by atoms with Crippen LogP contribution in [0.15, 0.2) is 71.6 Å². The number of amides is 3. The fraction of sp³-hybridized carbons (Fsp3) is 0.214. The molecule has 10 heteroatoms. The van der Waals surface area contributed by atoms with Gasteiger partial charge in [-0.1, -0.05) is 12.1 Å². The van der Waals surface area contributed by atoms with E-state index in [0.717, 1.165) is 0 Å². The molecule has 0 saturated heterocycles. The molecule has 3 amide bonds. The highest BCUT2D eigenvalue weighted by molar-refractivity contribution is 6.11. The van der Waals surface area contributed by atoms with E-state index in [1.54, 1.807) is 55.1 Å². The predicted molar refractivity (Wildman–Crippen MR) is 141 cm³/mol. The molecule has 0 bridgehead atoms. The summed E-state index contributed by atoms with van der Waals surface area (Å²) in [6.07, 6.45) is 4.35. The summed E-state index contributed by atoms with van der Waals surface area (Å²) in [5.74, 6) is -0.0934. The number of urea groups is 1. The maximum Gasteiger partial charge on any atom is 0.342 e. The lowest BCUT2D eigenvalue weighted by Crippen LogP contribution is -2.49. The minimum Gasteiger partial charge on any atom is -0.463 e. The Morgan fingerprint density at radius 3 is 2.47 bits per heavy atom. The van der Waals surface area contributed by atoms with Crippen molar-refractivity contribution in [3.8, 4) is 11.5 Å².